The number of hydrogen-bond acceptors (Lipinski definition) is 3. The molecule has 2 heterocycles. The second kappa shape index (κ2) is 7.50. The molecule has 0 fully saturated rings. The average Bonchev–Trinajstić information content (AvgIpc) is 3.05. The van der Waals surface area contributed by atoms with Crippen LogP contribution < -0.4 is 10.9 Å². The first-order valence-electron chi connectivity index (χ1n) is 9.48. The van der Waals surface area contributed by atoms with E-state index in [4.69, 9.17) is 0 Å². The van der Waals surface area contributed by atoms with E-state index in [9.17, 15) is 14.0 Å². The first-order valence-corrected chi connectivity index (χ1v) is 9.48. The Morgan fingerprint density at radius 3 is 2.72 bits per heavy atom. The number of nitrogens with zero attached hydrogens (tertiary/aromatic N) is 3. The predicted molar refractivity (Wildman–Crippen MR) is 110 cm³/mol. The van der Waals surface area contributed by atoms with Gasteiger partial charge in [0.2, 0.25) is 5.91 Å². The predicted octanol–water partition coefficient (Wildman–Crippen LogP) is 3.29. The van der Waals surface area contributed by atoms with Crippen molar-refractivity contribution in [2.75, 3.05) is 0 Å². The highest BCUT2D eigenvalue weighted by atomic mass is 19.1. The van der Waals surface area contributed by atoms with Crippen LogP contribution in [-0.2, 0) is 18.4 Å². The maximum absolute atomic E-state index is 13.4. The van der Waals surface area contributed by atoms with E-state index in [2.05, 4.69) is 10.4 Å². The van der Waals surface area contributed by atoms with Gasteiger partial charge in [-0.15, -0.1) is 0 Å². The van der Waals surface area contributed by atoms with Crippen LogP contribution in [0.1, 0.15) is 24.9 Å². The summed E-state index contributed by atoms with van der Waals surface area (Å²) in [6.07, 6.45) is 2.15. The van der Waals surface area contributed by atoms with E-state index in [1.807, 2.05) is 31.2 Å². The fourth-order valence-electron chi connectivity index (χ4n) is 3.75. The number of aryl methyl sites for hydroxylation is 1. The third-order valence-corrected chi connectivity index (χ3v) is 5.16. The number of amides is 1. The molecule has 1 atom stereocenters. The van der Waals surface area contributed by atoms with Crippen LogP contribution in [0.4, 0.5) is 4.39 Å². The topological polar surface area (TPSA) is 68.9 Å². The van der Waals surface area contributed by atoms with Crippen molar-refractivity contribution in [3.05, 3.63) is 76.5 Å². The number of hydrogen-bond donors (Lipinski definition) is 1. The Morgan fingerprint density at radius 1 is 1.17 bits per heavy atom. The number of carbonyl (C=O) groups excluding carboxylic acids is 1. The monoisotopic (exact) mass is 392 g/mol. The lowest BCUT2D eigenvalue weighted by Gasteiger charge is -2.19. The van der Waals surface area contributed by atoms with Gasteiger partial charge in [0.15, 0.2) is 0 Å². The molecule has 0 bridgehead atoms. The second-order valence-electron chi connectivity index (χ2n) is 6.99. The van der Waals surface area contributed by atoms with Gasteiger partial charge >= 0.3 is 0 Å². The highest BCUT2D eigenvalue weighted by Gasteiger charge is 2.25. The van der Waals surface area contributed by atoms with Gasteiger partial charge in [-0.3, -0.25) is 9.59 Å². The summed E-state index contributed by atoms with van der Waals surface area (Å²) in [5.74, 6) is -0.569. The number of nitrogens with one attached hydrogen (secondary N) is 1. The van der Waals surface area contributed by atoms with Crippen LogP contribution in [-0.4, -0.2) is 20.3 Å². The number of fused-ring (bicyclic) bond motifs is 3. The van der Waals surface area contributed by atoms with Crippen molar-refractivity contribution in [2.24, 2.45) is 7.05 Å². The van der Waals surface area contributed by atoms with Gasteiger partial charge in [0, 0.05) is 24.4 Å². The molecule has 0 radical (unpaired) electrons. The van der Waals surface area contributed by atoms with E-state index in [1.54, 1.807) is 29.9 Å². The maximum atomic E-state index is 13.4. The number of benzene rings is 2. The molecule has 0 aliphatic rings. The highest BCUT2D eigenvalue weighted by molar-refractivity contribution is 6.08. The van der Waals surface area contributed by atoms with Gasteiger partial charge < -0.3 is 9.88 Å². The van der Waals surface area contributed by atoms with Gasteiger partial charge in [0.1, 0.15) is 17.4 Å². The van der Waals surface area contributed by atoms with Crippen LogP contribution in [0, 0.1) is 5.82 Å². The number of halogens is 1. The van der Waals surface area contributed by atoms with Gasteiger partial charge in [-0.1, -0.05) is 37.3 Å². The fourth-order valence-corrected chi connectivity index (χ4v) is 3.75. The lowest BCUT2D eigenvalue weighted by Crippen LogP contribution is -2.33. The minimum Gasteiger partial charge on any atom is -0.350 e. The number of aromatic nitrogens is 3. The van der Waals surface area contributed by atoms with Crippen LogP contribution in [0.3, 0.4) is 0 Å². The molecule has 2 aromatic carbocycles. The minimum atomic E-state index is -0.582. The highest BCUT2D eigenvalue weighted by Crippen LogP contribution is 2.30. The zero-order valence-electron chi connectivity index (χ0n) is 16.2. The van der Waals surface area contributed by atoms with Crippen LogP contribution >= 0.6 is 0 Å². The van der Waals surface area contributed by atoms with E-state index in [0.29, 0.717) is 17.5 Å². The van der Waals surface area contributed by atoms with E-state index >= 15 is 0 Å². The zero-order chi connectivity index (χ0) is 20.5. The number of para-hydroxylation sites is 1. The average molecular weight is 392 g/mol. The molecule has 0 saturated carbocycles. The summed E-state index contributed by atoms with van der Waals surface area (Å²) >= 11 is 0. The van der Waals surface area contributed by atoms with Crippen LogP contribution in [0.2, 0.25) is 0 Å². The van der Waals surface area contributed by atoms with Gasteiger partial charge in [0.25, 0.3) is 5.56 Å². The molecule has 29 heavy (non-hydrogen) atoms. The van der Waals surface area contributed by atoms with Gasteiger partial charge in [0.05, 0.1) is 11.7 Å². The van der Waals surface area contributed by atoms with Crippen molar-refractivity contribution >= 4 is 27.7 Å². The van der Waals surface area contributed by atoms with Crippen molar-refractivity contribution in [2.45, 2.75) is 25.9 Å². The second-order valence-corrected chi connectivity index (χ2v) is 6.99. The molecular formula is C22H21FN4O2. The Labute approximate surface area is 166 Å². The molecule has 0 saturated heterocycles. The van der Waals surface area contributed by atoms with Gasteiger partial charge in [-0.2, -0.15) is 5.10 Å². The summed E-state index contributed by atoms with van der Waals surface area (Å²) in [7, 11) is 1.59. The van der Waals surface area contributed by atoms with E-state index < -0.39 is 6.04 Å². The molecule has 4 rings (SSSR count). The molecule has 148 valence electrons. The SMILES string of the molecule is CC[C@H](C(=O)NCc1cccc(F)c1)n1c2ccccc2c2cnn(C)c(=O)c21. The van der Waals surface area contributed by atoms with Crippen molar-refractivity contribution in [3.63, 3.8) is 0 Å². The quantitative estimate of drug-likeness (QED) is 0.567. The van der Waals surface area contributed by atoms with Gasteiger partial charge in [-0.05, 0) is 30.2 Å². The molecule has 6 nitrogen and oxygen atoms in total. The minimum absolute atomic E-state index is 0.212. The van der Waals surface area contributed by atoms with Crippen LogP contribution in [0.5, 0.6) is 0 Å². The smallest absolute Gasteiger partial charge is 0.291 e. The third-order valence-electron chi connectivity index (χ3n) is 5.16. The van der Waals surface area contributed by atoms with Crippen LogP contribution in [0.25, 0.3) is 21.8 Å². The molecule has 7 heteroatoms. The lowest BCUT2D eigenvalue weighted by molar-refractivity contribution is -0.124. The van der Waals surface area contributed by atoms with E-state index in [1.165, 1.54) is 16.8 Å². The molecule has 2 aromatic heterocycles. The van der Waals surface area contributed by atoms with E-state index in [-0.39, 0.29) is 23.8 Å². The summed E-state index contributed by atoms with van der Waals surface area (Å²) < 4.78 is 16.5. The Morgan fingerprint density at radius 2 is 1.97 bits per heavy atom. The summed E-state index contributed by atoms with van der Waals surface area (Å²) in [5, 5.41) is 8.62. The normalized spacial score (nSPS) is 12.4. The number of rotatable bonds is 5. The Hall–Kier alpha value is -3.48. The fraction of sp³-hybridized carbons (Fsp3) is 0.227. The van der Waals surface area contributed by atoms with Crippen LogP contribution in [0.15, 0.2) is 59.5 Å². The largest absolute Gasteiger partial charge is 0.350 e. The molecule has 0 aliphatic heterocycles. The zero-order valence-corrected chi connectivity index (χ0v) is 16.2. The maximum Gasteiger partial charge on any atom is 0.291 e. The Bertz CT molecular complexity index is 1280. The van der Waals surface area contributed by atoms with Crippen molar-refractivity contribution < 1.29 is 9.18 Å². The summed E-state index contributed by atoms with van der Waals surface area (Å²) in [5.41, 5.74) is 1.68. The lowest BCUT2D eigenvalue weighted by atomic mass is 10.1. The number of carbonyl (C=O) groups is 1. The molecule has 1 N–H and O–H groups in total. The van der Waals surface area contributed by atoms with Crippen molar-refractivity contribution in [1.29, 1.82) is 0 Å². The first kappa shape index (κ1) is 18.9. The molecule has 0 spiro atoms. The molecule has 1 amide bonds. The molecule has 4 aromatic rings. The molecular weight excluding hydrogens is 371 g/mol. The third kappa shape index (κ3) is 3.29. The van der Waals surface area contributed by atoms with Gasteiger partial charge in [-0.25, -0.2) is 9.07 Å². The van der Waals surface area contributed by atoms with E-state index in [0.717, 1.165) is 16.3 Å². The van der Waals surface area contributed by atoms with Crippen molar-refractivity contribution in [1.82, 2.24) is 19.7 Å². The standard InChI is InChI=1S/C22H21FN4O2/c1-3-18(21(28)24-12-14-7-6-8-15(23)11-14)27-19-10-5-4-9-16(19)17-13-25-26(2)22(29)20(17)27/h4-11,13,18H,3,12H2,1-2H3,(H,24,28)/t18-/m1/s1. The summed E-state index contributed by atoms with van der Waals surface area (Å²) in [6, 6.07) is 13.1. The molecule has 0 aliphatic carbocycles. The summed E-state index contributed by atoms with van der Waals surface area (Å²) in [6.45, 7) is 2.11. The Kier molecular flexibility index (Phi) is 4.88. The first-order chi connectivity index (χ1) is 14.0. The summed E-state index contributed by atoms with van der Waals surface area (Å²) in [4.78, 5) is 25.9. The van der Waals surface area contributed by atoms with Crippen molar-refractivity contribution in [3.8, 4) is 0 Å². The Balaban J connectivity index is 1.79. The molecule has 0 unspecified atom stereocenters.